The summed E-state index contributed by atoms with van der Waals surface area (Å²) < 4.78 is 6.35. The van der Waals surface area contributed by atoms with Crippen molar-refractivity contribution in [2.24, 2.45) is 0 Å². The normalized spacial score (nSPS) is 10.0. The molecule has 0 bridgehead atoms. The van der Waals surface area contributed by atoms with Crippen molar-refractivity contribution < 1.29 is 4.74 Å². The highest BCUT2D eigenvalue weighted by atomic mass is 79.9. The lowest BCUT2D eigenvalue weighted by Crippen LogP contribution is -1.88. The summed E-state index contributed by atoms with van der Waals surface area (Å²) >= 11 is 9.29. The highest BCUT2D eigenvalue weighted by Crippen LogP contribution is 2.30. The summed E-state index contributed by atoms with van der Waals surface area (Å²) in [5, 5.41) is 0.531. The maximum atomic E-state index is 5.95. The average molecular weight is 286 g/mol. The standard InChI is InChI=1S/C10H6BrClN2O/c11-7-1-2-8(12)9(5-7)15-10-6-13-3-4-14-10/h1-6H. The smallest absolute Gasteiger partial charge is 0.237 e. The summed E-state index contributed by atoms with van der Waals surface area (Å²) in [5.74, 6) is 0.962. The quantitative estimate of drug-likeness (QED) is 0.844. The van der Waals surface area contributed by atoms with E-state index in [1.54, 1.807) is 24.5 Å². The Morgan fingerprint density at radius 3 is 2.87 bits per heavy atom. The van der Waals surface area contributed by atoms with Crippen LogP contribution in [0, 0.1) is 0 Å². The highest BCUT2D eigenvalue weighted by Gasteiger charge is 2.04. The maximum Gasteiger partial charge on any atom is 0.237 e. The zero-order valence-corrected chi connectivity index (χ0v) is 9.86. The lowest BCUT2D eigenvalue weighted by Gasteiger charge is -2.05. The monoisotopic (exact) mass is 284 g/mol. The first-order valence-corrected chi connectivity index (χ1v) is 5.32. The van der Waals surface area contributed by atoms with Gasteiger partial charge in [0.2, 0.25) is 5.88 Å². The molecule has 2 rings (SSSR count). The van der Waals surface area contributed by atoms with Crippen LogP contribution in [0.2, 0.25) is 5.02 Å². The van der Waals surface area contributed by atoms with Gasteiger partial charge in [0.15, 0.2) is 0 Å². The van der Waals surface area contributed by atoms with E-state index in [1.807, 2.05) is 6.07 Å². The van der Waals surface area contributed by atoms with Gasteiger partial charge in [-0.25, -0.2) is 4.98 Å². The number of ether oxygens (including phenoxy) is 1. The van der Waals surface area contributed by atoms with Crippen molar-refractivity contribution in [3.05, 3.63) is 46.3 Å². The number of halogens is 2. The summed E-state index contributed by atoms with van der Waals surface area (Å²) in [4.78, 5) is 7.88. The largest absolute Gasteiger partial charge is 0.436 e. The van der Waals surface area contributed by atoms with E-state index in [0.717, 1.165) is 4.47 Å². The molecule has 15 heavy (non-hydrogen) atoms. The molecule has 0 unspecified atom stereocenters. The van der Waals surface area contributed by atoms with Gasteiger partial charge in [-0.3, -0.25) is 4.98 Å². The Balaban J connectivity index is 2.28. The molecular formula is C10H6BrClN2O. The van der Waals surface area contributed by atoms with E-state index < -0.39 is 0 Å². The number of nitrogens with zero attached hydrogens (tertiary/aromatic N) is 2. The lowest BCUT2D eigenvalue weighted by atomic mass is 10.3. The van der Waals surface area contributed by atoms with Gasteiger partial charge in [0, 0.05) is 16.9 Å². The second-order valence-electron chi connectivity index (χ2n) is 2.72. The van der Waals surface area contributed by atoms with Crippen LogP contribution in [0.4, 0.5) is 0 Å². The maximum absolute atomic E-state index is 5.95. The molecule has 0 N–H and O–H groups in total. The Morgan fingerprint density at radius 2 is 2.13 bits per heavy atom. The Labute approximate surface area is 100 Å². The fraction of sp³-hybridized carbons (Fsp3) is 0. The van der Waals surface area contributed by atoms with Crippen LogP contribution < -0.4 is 4.74 Å². The molecule has 0 aliphatic rings. The van der Waals surface area contributed by atoms with Crippen LogP contribution in [-0.2, 0) is 0 Å². The zero-order valence-electron chi connectivity index (χ0n) is 7.52. The van der Waals surface area contributed by atoms with Crippen molar-refractivity contribution in [1.29, 1.82) is 0 Å². The third kappa shape index (κ3) is 2.67. The minimum atomic E-state index is 0.414. The number of hydrogen-bond acceptors (Lipinski definition) is 3. The summed E-state index contributed by atoms with van der Waals surface area (Å²) in [6, 6.07) is 5.36. The van der Waals surface area contributed by atoms with Crippen LogP contribution in [-0.4, -0.2) is 9.97 Å². The number of hydrogen-bond donors (Lipinski definition) is 0. The predicted molar refractivity (Wildman–Crippen MR) is 61.3 cm³/mol. The van der Waals surface area contributed by atoms with Crippen molar-refractivity contribution in [1.82, 2.24) is 9.97 Å². The van der Waals surface area contributed by atoms with Crippen LogP contribution in [0.15, 0.2) is 41.3 Å². The molecule has 1 aromatic heterocycles. The zero-order chi connectivity index (χ0) is 10.7. The van der Waals surface area contributed by atoms with E-state index in [0.29, 0.717) is 16.7 Å². The van der Waals surface area contributed by atoms with Gasteiger partial charge in [-0.2, -0.15) is 0 Å². The molecule has 0 atom stereocenters. The molecule has 3 nitrogen and oxygen atoms in total. The molecule has 76 valence electrons. The molecule has 0 spiro atoms. The molecule has 5 heteroatoms. The molecule has 0 amide bonds. The molecule has 1 aromatic carbocycles. The van der Waals surface area contributed by atoms with Gasteiger partial charge in [-0.15, -0.1) is 0 Å². The summed E-state index contributed by atoms with van der Waals surface area (Å²) in [6.07, 6.45) is 4.66. The van der Waals surface area contributed by atoms with Gasteiger partial charge < -0.3 is 4.74 Å². The molecule has 0 fully saturated rings. The van der Waals surface area contributed by atoms with E-state index in [2.05, 4.69) is 25.9 Å². The first-order valence-electron chi connectivity index (χ1n) is 4.14. The van der Waals surface area contributed by atoms with E-state index in [9.17, 15) is 0 Å². The number of benzene rings is 1. The summed E-state index contributed by atoms with van der Waals surface area (Å²) in [5.41, 5.74) is 0. The van der Waals surface area contributed by atoms with Crippen molar-refractivity contribution in [2.45, 2.75) is 0 Å². The van der Waals surface area contributed by atoms with E-state index >= 15 is 0 Å². The Bertz CT molecular complexity index is 464. The SMILES string of the molecule is Clc1ccc(Br)cc1Oc1cnccn1. The highest BCUT2D eigenvalue weighted by molar-refractivity contribution is 9.10. The fourth-order valence-electron chi connectivity index (χ4n) is 1.01. The Hall–Kier alpha value is -1.13. The van der Waals surface area contributed by atoms with Crippen molar-refractivity contribution in [2.75, 3.05) is 0 Å². The summed E-state index contributed by atoms with van der Waals surface area (Å²) in [6.45, 7) is 0. The van der Waals surface area contributed by atoms with E-state index in [-0.39, 0.29) is 0 Å². The fourth-order valence-corrected chi connectivity index (χ4v) is 1.50. The lowest BCUT2D eigenvalue weighted by molar-refractivity contribution is 0.460. The van der Waals surface area contributed by atoms with Crippen LogP contribution in [0.1, 0.15) is 0 Å². The van der Waals surface area contributed by atoms with Crippen molar-refractivity contribution >= 4 is 27.5 Å². The van der Waals surface area contributed by atoms with Crippen LogP contribution >= 0.6 is 27.5 Å². The van der Waals surface area contributed by atoms with Gasteiger partial charge in [0.05, 0.1) is 11.2 Å². The van der Waals surface area contributed by atoms with Gasteiger partial charge in [0.25, 0.3) is 0 Å². The molecule has 0 saturated carbocycles. The molecule has 0 radical (unpaired) electrons. The molecule has 0 saturated heterocycles. The van der Waals surface area contributed by atoms with Crippen molar-refractivity contribution in [3.8, 4) is 11.6 Å². The second-order valence-corrected chi connectivity index (χ2v) is 4.04. The van der Waals surface area contributed by atoms with Gasteiger partial charge in [-0.05, 0) is 18.2 Å². The Morgan fingerprint density at radius 1 is 1.27 bits per heavy atom. The third-order valence-corrected chi connectivity index (χ3v) is 2.45. The van der Waals surface area contributed by atoms with E-state index in [1.165, 1.54) is 6.20 Å². The second kappa shape index (κ2) is 4.59. The van der Waals surface area contributed by atoms with Crippen LogP contribution in [0.5, 0.6) is 11.6 Å². The van der Waals surface area contributed by atoms with Crippen LogP contribution in [0.3, 0.4) is 0 Å². The van der Waals surface area contributed by atoms with Gasteiger partial charge in [0.1, 0.15) is 5.75 Å². The number of aromatic nitrogens is 2. The molecular weight excluding hydrogens is 279 g/mol. The summed E-state index contributed by atoms with van der Waals surface area (Å²) in [7, 11) is 0. The van der Waals surface area contributed by atoms with Gasteiger partial charge in [-0.1, -0.05) is 27.5 Å². The minimum absolute atomic E-state index is 0.414. The topological polar surface area (TPSA) is 35.0 Å². The molecule has 1 heterocycles. The molecule has 2 aromatic rings. The van der Waals surface area contributed by atoms with E-state index in [4.69, 9.17) is 16.3 Å². The predicted octanol–water partition coefficient (Wildman–Crippen LogP) is 3.68. The number of rotatable bonds is 2. The minimum Gasteiger partial charge on any atom is -0.436 e. The first-order chi connectivity index (χ1) is 7.25. The van der Waals surface area contributed by atoms with Crippen LogP contribution in [0.25, 0.3) is 0 Å². The van der Waals surface area contributed by atoms with Gasteiger partial charge >= 0.3 is 0 Å². The molecule has 0 aliphatic heterocycles. The first kappa shape index (κ1) is 10.4. The average Bonchev–Trinajstić information content (AvgIpc) is 2.25. The van der Waals surface area contributed by atoms with Crippen molar-refractivity contribution in [3.63, 3.8) is 0 Å². The Kier molecular flexibility index (Phi) is 3.18. The molecule has 0 aliphatic carbocycles. The third-order valence-electron chi connectivity index (χ3n) is 1.65.